The lowest BCUT2D eigenvalue weighted by molar-refractivity contribution is -0.134. The molecule has 4 rings (SSSR count). The van der Waals surface area contributed by atoms with Crippen molar-refractivity contribution < 1.29 is 14.0 Å². The summed E-state index contributed by atoms with van der Waals surface area (Å²) in [6, 6.07) is 14.0. The zero-order valence-electron chi connectivity index (χ0n) is 17.1. The Balaban J connectivity index is 1.60. The van der Waals surface area contributed by atoms with Crippen LogP contribution in [0.2, 0.25) is 0 Å². The fourth-order valence-electron chi connectivity index (χ4n) is 3.96. The molecule has 0 saturated carbocycles. The molecule has 6 nitrogen and oxygen atoms in total. The molecule has 2 heterocycles. The second-order valence-corrected chi connectivity index (χ2v) is 7.63. The summed E-state index contributed by atoms with van der Waals surface area (Å²) in [7, 11) is 1.72. The van der Waals surface area contributed by atoms with Crippen LogP contribution in [0.5, 0.6) is 0 Å². The van der Waals surface area contributed by atoms with E-state index < -0.39 is 11.7 Å². The van der Waals surface area contributed by atoms with Gasteiger partial charge in [-0.25, -0.2) is 9.07 Å². The molecule has 0 aliphatic carbocycles. The highest BCUT2D eigenvalue weighted by atomic mass is 19.1. The molecule has 1 atom stereocenters. The van der Waals surface area contributed by atoms with Crippen molar-refractivity contribution in [2.75, 3.05) is 12.4 Å². The highest BCUT2D eigenvalue weighted by molar-refractivity contribution is 6.01. The standard InChI is InChI=1S/C23H23FN4O2/c1-14-20(15(2)28(26-14)17-7-5-4-6-8-17)13-27(3)23(30)19-12-22(29)25-21-11-16(24)9-10-18(19)21/h4-11,19H,12-13H2,1-3H3,(H,25,29). The highest BCUT2D eigenvalue weighted by Gasteiger charge is 2.33. The van der Waals surface area contributed by atoms with Crippen LogP contribution in [0, 0.1) is 19.7 Å². The molecule has 1 aliphatic rings. The number of para-hydroxylation sites is 1. The number of amides is 2. The summed E-state index contributed by atoms with van der Waals surface area (Å²) < 4.78 is 15.4. The van der Waals surface area contributed by atoms with Gasteiger partial charge in [-0.15, -0.1) is 0 Å². The summed E-state index contributed by atoms with van der Waals surface area (Å²) in [5, 5.41) is 7.29. The second-order valence-electron chi connectivity index (χ2n) is 7.63. The number of carbonyl (C=O) groups is 2. The number of likely N-dealkylation sites (N-methyl/N-ethyl adjacent to an activating group) is 1. The van der Waals surface area contributed by atoms with Gasteiger partial charge in [-0.1, -0.05) is 24.3 Å². The lowest BCUT2D eigenvalue weighted by Crippen LogP contribution is -2.36. The average molecular weight is 406 g/mol. The molecule has 0 radical (unpaired) electrons. The van der Waals surface area contributed by atoms with E-state index in [1.807, 2.05) is 48.9 Å². The number of rotatable bonds is 4. The molecule has 1 aromatic heterocycles. The van der Waals surface area contributed by atoms with Gasteiger partial charge in [0.25, 0.3) is 0 Å². The van der Waals surface area contributed by atoms with Crippen molar-refractivity contribution in [3.8, 4) is 5.69 Å². The first-order chi connectivity index (χ1) is 14.3. The van der Waals surface area contributed by atoms with Gasteiger partial charge in [-0.2, -0.15) is 5.10 Å². The second kappa shape index (κ2) is 7.74. The van der Waals surface area contributed by atoms with Crippen LogP contribution in [0.25, 0.3) is 5.69 Å². The van der Waals surface area contributed by atoms with Crippen LogP contribution in [0.1, 0.15) is 34.9 Å². The van der Waals surface area contributed by atoms with Crippen molar-refractivity contribution >= 4 is 17.5 Å². The summed E-state index contributed by atoms with van der Waals surface area (Å²) in [4.78, 5) is 26.9. The third-order valence-corrected chi connectivity index (χ3v) is 5.57. The van der Waals surface area contributed by atoms with Crippen LogP contribution < -0.4 is 5.32 Å². The Kier molecular flexibility index (Phi) is 5.11. The Bertz CT molecular complexity index is 1120. The van der Waals surface area contributed by atoms with E-state index in [1.54, 1.807) is 18.0 Å². The van der Waals surface area contributed by atoms with Crippen molar-refractivity contribution in [1.29, 1.82) is 0 Å². The van der Waals surface area contributed by atoms with Gasteiger partial charge in [0, 0.05) is 37.0 Å². The summed E-state index contributed by atoms with van der Waals surface area (Å²) >= 11 is 0. The largest absolute Gasteiger partial charge is 0.341 e. The van der Waals surface area contributed by atoms with Crippen molar-refractivity contribution in [1.82, 2.24) is 14.7 Å². The predicted molar refractivity (Wildman–Crippen MR) is 112 cm³/mol. The maximum Gasteiger partial charge on any atom is 0.230 e. The number of carbonyl (C=O) groups excluding carboxylic acids is 2. The van der Waals surface area contributed by atoms with E-state index in [2.05, 4.69) is 10.4 Å². The van der Waals surface area contributed by atoms with Gasteiger partial charge < -0.3 is 10.2 Å². The summed E-state index contributed by atoms with van der Waals surface area (Å²) in [6.07, 6.45) is 0.0447. The molecule has 154 valence electrons. The van der Waals surface area contributed by atoms with E-state index in [-0.39, 0.29) is 18.2 Å². The van der Waals surface area contributed by atoms with E-state index in [1.165, 1.54) is 12.1 Å². The highest BCUT2D eigenvalue weighted by Crippen LogP contribution is 2.34. The SMILES string of the molecule is Cc1nn(-c2ccccc2)c(C)c1CN(C)C(=O)C1CC(=O)Nc2cc(F)ccc21. The van der Waals surface area contributed by atoms with Crippen LogP contribution in [-0.4, -0.2) is 33.5 Å². The summed E-state index contributed by atoms with van der Waals surface area (Å²) in [6.45, 7) is 4.27. The normalized spacial score (nSPS) is 15.5. The number of halogens is 1. The summed E-state index contributed by atoms with van der Waals surface area (Å²) in [5.74, 6) is -1.55. The van der Waals surface area contributed by atoms with Crippen LogP contribution in [-0.2, 0) is 16.1 Å². The molecule has 0 bridgehead atoms. The number of anilines is 1. The van der Waals surface area contributed by atoms with E-state index in [4.69, 9.17) is 0 Å². The first kappa shape index (κ1) is 19.8. The van der Waals surface area contributed by atoms with Gasteiger partial charge >= 0.3 is 0 Å². The number of fused-ring (bicyclic) bond motifs is 1. The number of aromatic nitrogens is 2. The maximum atomic E-state index is 13.6. The first-order valence-corrected chi connectivity index (χ1v) is 9.80. The lowest BCUT2D eigenvalue weighted by Gasteiger charge is -2.28. The molecular formula is C23H23FN4O2. The monoisotopic (exact) mass is 406 g/mol. The molecule has 1 N–H and O–H groups in total. The predicted octanol–water partition coefficient (Wildman–Crippen LogP) is 3.71. The van der Waals surface area contributed by atoms with E-state index >= 15 is 0 Å². The van der Waals surface area contributed by atoms with Gasteiger partial charge in [0.15, 0.2) is 0 Å². The van der Waals surface area contributed by atoms with E-state index in [9.17, 15) is 14.0 Å². The van der Waals surface area contributed by atoms with Crippen LogP contribution in [0.4, 0.5) is 10.1 Å². The molecule has 7 heteroatoms. The van der Waals surface area contributed by atoms with Crippen molar-refractivity contribution in [3.63, 3.8) is 0 Å². The lowest BCUT2D eigenvalue weighted by atomic mass is 9.89. The maximum absolute atomic E-state index is 13.6. The van der Waals surface area contributed by atoms with E-state index in [0.29, 0.717) is 17.8 Å². The molecule has 1 unspecified atom stereocenters. The third-order valence-electron chi connectivity index (χ3n) is 5.57. The zero-order chi connectivity index (χ0) is 21.4. The van der Waals surface area contributed by atoms with Gasteiger partial charge in [0.2, 0.25) is 11.8 Å². The fraction of sp³-hybridized carbons (Fsp3) is 0.261. The molecule has 0 fully saturated rings. The van der Waals surface area contributed by atoms with Crippen LogP contribution in [0.3, 0.4) is 0 Å². The number of benzene rings is 2. The van der Waals surface area contributed by atoms with Crippen molar-refractivity contribution in [3.05, 3.63) is 76.9 Å². The topological polar surface area (TPSA) is 67.2 Å². The molecule has 2 aromatic carbocycles. The van der Waals surface area contributed by atoms with Crippen LogP contribution in [0.15, 0.2) is 48.5 Å². The Morgan fingerprint density at radius 2 is 1.97 bits per heavy atom. The Morgan fingerprint density at radius 1 is 1.23 bits per heavy atom. The van der Waals surface area contributed by atoms with Gasteiger partial charge in [0.05, 0.1) is 17.3 Å². The molecule has 3 aromatic rings. The minimum Gasteiger partial charge on any atom is -0.341 e. The van der Waals surface area contributed by atoms with Crippen molar-refractivity contribution in [2.24, 2.45) is 0 Å². The molecule has 1 aliphatic heterocycles. The molecular weight excluding hydrogens is 383 g/mol. The van der Waals surface area contributed by atoms with E-state index in [0.717, 1.165) is 22.6 Å². The van der Waals surface area contributed by atoms with Gasteiger partial charge in [0.1, 0.15) is 5.82 Å². The minimum atomic E-state index is -0.635. The quantitative estimate of drug-likeness (QED) is 0.718. The number of aryl methyl sites for hydroxylation is 1. The number of nitrogens with one attached hydrogen (secondary N) is 1. The number of nitrogens with zero attached hydrogens (tertiary/aromatic N) is 3. The fourth-order valence-corrected chi connectivity index (χ4v) is 3.96. The third kappa shape index (κ3) is 3.58. The molecule has 0 spiro atoms. The molecule has 2 amide bonds. The zero-order valence-corrected chi connectivity index (χ0v) is 17.1. The van der Waals surface area contributed by atoms with Gasteiger partial charge in [-0.05, 0) is 43.7 Å². The molecule has 30 heavy (non-hydrogen) atoms. The first-order valence-electron chi connectivity index (χ1n) is 9.80. The summed E-state index contributed by atoms with van der Waals surface area (Å²) in [5.41, 5.74) is 4.73. The Morgan fingerprint density at radius 3 is 2.70 bits per heavy atom. The number of hydrogen-bond acceptors (Lipinski definition) is 3. The van der Waals surface area contributed by atoms with Crippen molar-refractivity contribution in [2.45, 2.75) is 32.7 Å². The van der Waals surface area contributed by atoms with Crippen LogP contribution >= 0.6 is 0 Å². The Labute approximate surface area is 174 Å². The minimum absolute atomic E-state index is 0.0447. The molecule has 0 saturated heterocycles. The smallest absolute Gasteiger partial charge is 0.230 e. The Hall–Kier alpha value is -3.48. The average Bonchev–Trinajstić information content (AvgIpc) is 3.01. The van der Waals surface area contributed by atoms with Gasteiger partial charge in [-0.3, -0.25) is 9.59 Å². The number of hydrogen-bond donors (Lipinski definition) is 1.